The summed E-state index contributed by atoms with van der Waals surface area (Å²) in [4.78, 5) is 36.6. The van der Waals surface area contributed by atoms with E-state index in [1.807, 2.05) is 23.6 Å². The van der Waals surface area contributed by atoms with Crippen molar-refractivity contribution in [1.82, 2.24) is 16.0 Å². The zero-order chi connectivity index (χ0) is 19.8. The van der Waals surface area contributed by atoms with Crippen molar-refractivity contribution >= 4 is 29.1 Å². The Labute approximate surface area is 168 Å². The van der Waals surface area contributed by atoms with Gasteiger partial charge in [-0.1, -0.05) is 30.3 Å². The molecule has 0 radical (unpaired) electrons. The van der Waals surface area contributed by atoms with Gasteiger partial charge in [0.25, 0.3) is 5.91 Å². The van der Waals surface area contributed by atoms with Crippen LogP contribution in [-0.2, 0) is 16.0 Å². The Morgan fingerprint density at radius 1 is 1.04 bits per heavy atom. The lowest BCUT2D eigenvalue weighted by Crippen LogP contribution is -2.39. The molecule has 1 aromatic heterocycles. The van der Waals surface area contributed by atoms with Crippen LogP contribution in [0, 0.1) is 0 Å². The average molecular weight is 400 g/mol. The van der Waals surface area contributed by atoms with Gasteiger partial charge in [0.2, 0.25) is 11.8 Å². The van der Waals surface area contributed by atoms with Gasteiger partial charge in [0.15, 0.2) is 0 Å². The fourth-order valence-corrected chi connectivity index (χ4v) is 4.00. The standard InChI is InChI=1S/C21H25N3O3S/c25-19(11-4-12-22-21(27)18-10-5-13-28-18)23-14-20(26)24-17-9-3-7-15-6-1-2-8-16(15)17/h1-2,5-6,8,10,13,17H,3-4,7,9,11-12,14H2,(H,22,27)(H,23,25)(H,24,26). The zero-order valence-corrected chi connectivity index (χ0v) is 16.5. The molecule has 6 nitrogen and oxygen atoms in total. The van der Waals surface area contributed by atoms with E-state index in [-0.39, 0.29) is 36.7 Å². The van der Waals surface area contributed by atoms with Crippen LogP contribution < -0.4 is 16.0 Å². The zero-order valence-electron chi connectivity index (χ0n) is 15.7. The summed E-state index contributed by atoms with van der Waals surface area (Å²) in [5.74, 6) is -0.492. The number of hydrogen-bond donors (Lipinski definition) is 3. The van der Waals surface area contributed by atoms with E-state index in [9.17, 15) is 14.4 Å². The van der Waals surface area contributed by atoms with Gasteiger partial charge in [-0.05, 0) is 48.3 Å². The molecule has 0 saturated carbocycles. The van der Waals surface area contributed by atoms with E-state index < -0.39 is 0 Å². The molecule has 0 fully saturated rings. The molecule has 0 bridgehead atoms. The minimum absolute atomic E-state index is 0.0156. The molecule has 28 heavy (non-hydrogen) atoms. The van der Waals surface area contributed by atoms with Gasteiger partial charge < -0.3 is 16.0 Å². The number of nitrogens with one attached hydrogen (secondary N) is 3. The van der Waals surface area contributed by atoms with Gasteiger partial charge in [-0.15, -0.1) is 11.3 Å². The normalized spacial score (nSPS) is 15.4. The Morgan fingerprint density at radius 3 is 2.71 bits per heavy atom. The third-order valence-corrected chi connectivity index (χ3v) is 5.63. The number of thiophene rings is 1. The molecular weight excluding hydrogens is 374 g/mol. The number of carbonyl (C=O) groups is 3. The largest absolute Gasteiger partial charge is 0.351 e. The first-order chi connectivity index (χ1) is 13.6. The smallest absolute Gasteiger partial charge is 0.261 e. The molecule has 1 aliphatic rings. The average Bonchev–Trinajstić information content (AvgIpc) is 3.25. The second kappa shape index (κ2) is 10.0. The first-order valence-electron chi connectivity index (χ1n) is 9.59. The second-order valence-corrected chi connectivity index (χ2v) is 7.77. The van der Waals surface area contributed by atoms with Crippen LogP contribution in [0.4, 0.5) is 0 Å². The lowest BCUT2D eigenvalue weighted by Gasteiger charge is -2.26. The molecule has 2 aromatic rings. The van der Waals surface area contributed by atoms with E-state index in [4.69, 9.17) is 0 Å². The molecule has 3 N–H and O–H groups in total. The van der Waals surface area contributed by atoms with Gasteiger partial charge in [-0.2, -0.15) is 0 Å². The molecule has 1 unspecified atom stereocenters. The molecule has 7 heteroatoms. The monoisotopic (exact) mass is 399 g/mol. The predicted molar refractivity (Wildman–Crippen MR) is 109 cm³/mol. The number of aryl methyl sites for hydroxylation is 1. The number of benzene rings is 1. The molecule has 3 rings (SSSR count). The van der Waals surface area contributed by atoms with Crippen molar-refractivity contribution in [1.29, 1.82) is 0 Å². The first kappa shape index (κ1) is 20.1. The molecule has 1 heterocycles. The van der Waals surface area contributed by atoms with Crippen molar-refractivity contribution in [3.05, 3.63) is 57.8 Å². The Hall–Kier alpha value is -2.67. The van der Waals surface area contributed by atoms with Crippen LogP contribution in [0.3, 0.4) is 0 Å². The van der Waals surface area contributed by atoms with E-state index in [0.717, 1.165) is 19.3 Å². The van der Waals surface area contributed by atoms with Crippen molar-refractivity contribution in [2.45, 2.75) is 38.1 Å². The van der Waals surface area contributed by atoms with Gasteiger partial charge in [0.05, 0.1) is 17.5 Å². The van der Waals surface area contributed by atoms with Gasteiger partial charge in [0.1, 0.15) is 0 Å². The molecule has 0 spiro atoms. The third kappa shape index (κ3) is 5.66. The number of carbonyl (C=O) groups excluding carboxylic acids is 3. The van der Waals surface area contributed by atoms with Crippen molar-refractivity contribution in [2.75, 3.05) is 13.1 Å². The molecule has 1 atom stereocenters. The second-order valence-electron chi connectivity index (χ2n) is 6.82. The summed E-state index contributed by atoms with van der Waals surface area (Å²) in [5.41, 5.74) is 2.46. The molecular formula is C21H25N3O3S. The highest BCUT2D eigenvalue weighted by Crippen LogP contribution is 2.29. The number of rotatable bonds is 8. The molecule has 3 amide bonds. The van der Waals surface area contributed by atoms with Crippen LogP contribution in [0.5, 0.6) is 0 Å². The van der Waals surface area contributed by atoms with Gasteiger partial charge in [-0.3, -0.25) is 14.4 Å². The fraction of sp³-hybridized carbons (Fsp3) is 0.381. The van der Waals surface area contributed by atoms with Crippen molar-refractivity contribution < 1.29 is 14.4 Å². The van der Waals surface area contributed by atoms with Gasteiger partial charge >= 0.3 is 0 Å². The first-order valence-corrected chi connectivity index (χ1v) is 10.5. The highest BCUT2D eigenvalue weighted by molar-refractivity contribution is 7.12. The maximum absolute atomic E-state index is 12.2. The van der Waals surface area contributed by atoms with E-state index >= 15 is 0 Å². The molecule has 1 aliphatic carbocycles. The topological polar surface area (TPSA) is 87.3 Å². The molecule has 1 aromatic carbocycles. The van der Waals surface area contributed by atoms with Crippen LogP contribution in [0.25, 0.3) is 0 Å². The summed E-state index contributed by atoms with van der Waals surface area (Å²) >= 11 is 1.38. The summed E-state index contributed by atoms with van der Waals surface area (Å²) in [6, 6.07) is 11.8. The SMILES string of the molecule is O=C(CCCNC(=O)c1cccs1)NCC(=O)NC1CCCc2ccccc21. The molecule has 148 valence electrons. The molecule has 0 saturated heterocycles. The predicted octanol–water partition coefficient (Wildman–Crippen LogP) is 2.57. The van der Waals surface area contributed by atoms with Crippen LogP contribution in [0.15, 0.2) is 41.8 Å². The number of amides is 3. The van der Waals surface area contributed by atoms with E-state index in [0.29, 0.717) is 17.8 Å². The number of hydrogen-bond acceptors (Lipinski definition) is 4. The van der Waals surface area contributed by atoms with Crippen LogP contribution in [-0.4, -0.2) is 30.8 Å². The van der Waals surface area contributed by atoms with E-state index in [1.165, 1.54) is 22.5 Å². The van der Waals surface area contributed by atoms with Gasteiger partial charge in [-0.25, -0.2) is 0 Å². The quantitative estimate of drug-likeness (QED) is 0.596. The summed E-state index contributed by atoms with van der Waals surface area (Å²) in [5, 5.41) is 10.3. The van der Waals surface area contributed by atoms with E-state index in [1.54, 1.807) is 6.07 Å². The lowest BCUT2D eigenvalue weighted by molar-refractivity contribution is -0.126. The lowest BCUT2D eigenvalue weighted by atomic mass is 9.88. The Bertz CT molecular complexity index is 820. The van der Waals surface area contributed by atoms with Crippen LogP contribution in [0.2, 0.25) is 0 Å². The Kier molecular flexibility index (Phi) is 7.19. The maximum Gasteiger partial charge on any atom is 0.261 e. The number of fused-ring (bicyclic) bond motifs is 1. The summed E-state index contributed by atoms with van der Waals surface area (Å²) < 4.78 is 0. The summed E-state index contributed by atoms with van der Waals surface area (Å²) in [6.07, 6.45) is 3.80. The Morgan fingerprint density at radius 2 is 1.89 bits per heavy atom. The van der Waals surface area contributed by atoms with Gasteiger partial charge in [0, 0.05) is 13.0 Å². The van der Waals surface area contributed by atoms with Crippen LogP contribution >= 0.6 is 11.3 Å². The highest BCUT2D eigenvalue weighted by Gasteiger charge is 2.21. The third-order valence-electron chi connectivity index (χ3n) is 4.76. The summed E-state index contributed by atoms with van der Waals surface area (Å²) in [7, 11) is 0. The minimum Gasteiger partial charge on any atom is -0.351 e. The highest BCUT2D eigenvalue weighted by atomic mass is 32.1. The van der Waals surface area contributed by atoms with E-state index in [2.05, 4.69) is 28.1 Å². The Balaban J connectivity index is 1.32. The minimum atomic E-state index is -0.190. The van der Waals surface area contributed by atoms with Crippen molar-refractivity contribution in [2.24, 2.45) is 0 Å². The molecule has 0 aliphatic heterocycles. The maximum atomic E-state index is 12.2. The van der Waals surface area contributed by atoms with Crippen LogP contribution in [0.1, 0.15) is 52.5 Å². The van der Waals surface area contributed by atoms with Crippen molar-refractivity contribution in [3.63, 3.8) is 0 Å². The fourth-order valence-electron chi connectivity index (χ4n) is 3.36. The van der Waals surface area contributed by atoms with Crippen molar-refractivity contribution in [3.8, 4) is 0 Å². The summed E-state index contributed by atoms with van der Waals surface area (Å²) in [6.45, 7) is 0.397.